The van der Waals surface area contributed by atoms with Gasteiger partial charge in [-0.3, -0.25) is 4.79 Å². The van der Waals surface area contributed by atoms with Gasteiger partial charge in [0, 0.05) is 24.3 Å². The lowest BCUT2D eigenvalue weighted by molar-refractivity contribution is 0.00988. The summed E-state index contributed by atoms with van der Waals surface area (Å²) < 4.78 is 6.03. The topological polar surface area (TPSA) is 41.6 Å². The molecule has 1 aromatic rings. The summed E-state index contributed by atoms with van der Waals surface area (Å²) >= 11 is 0. The molecule has 1 spiro atoms. The number of carbonyl (C=O) groups excluding carboxylic acids is 1. The summed E-state index contributed by atoms with van der Waals surface area (Å²) in [6, 6.07) is 8.26. The molecule has 4 heteroatoms. The van der Waals surface area contributed by atoms with E-state index in [9.17, 15) is 4.79 Å². The van der Waals surface area contributed by atoms with E-state index in [0.29, 0.717) is 6.61 Å². The van der Waals surface area contributed by atoms with Gasteiger partial charge in [0.25, 0.3) is 5.91 Å². The standard InChI is InChI=1S/C20H28N2O2/c23-19(21-17-14-20(24-15-17)10-2-3-11-20)16-6-8-18(9-7-16)22-12-4-1-5-13-22/h6-9,17H,1-5,10-15H2,(H,21,23). The highest BCUT2D eigenvalue weighted by atomic mass is 16.5. The van der Waals surface area contributed by atoms with Crippen molar-refractivity contribution in [3.8, 4) is 0 Å². The van der Waals surface area contributed by atoms with E-state index in [0.717, 1.165) is 37.9 Å². The quantitative estimate of drug-likeness (QED) is 0.923. The van der Waals surface area contributed by atoms with Gasteiger partial charge in [-0.15, -0.1) is 0 Å². The molecule has 2 aliphatic heterocycles. The van der Waals surface area contributed by atoms with Crippen molar-refractivity contribution in [2.24, 2.45) is 0 Å². The lowest BCUT2D eigenvalue weighted by Gasteiger charge is -2.28. The highest BCUT2D eigenvalue weighted by molar-refractivity contribution is 5.94. The summed E-state index contributed by atoms with van der Waals surface area (Å²) in [5, 5.41) is 3.17. The molecular formula is C20H28N2O2. The first-order valence-corrected chi connectivity index (χ1v) is 9.54. The van der Waals surface area contributed by atoms with Crippen LogP contribution < -0.4 is 10.2 Å². The summed E-state index contributed by atoms with van der Waals surface area (Å²) in [7, 11) is 0. The van der Waals surface area contributed by atoms with Crippen molar-refractivity contribution >= 4 is 11.6 Å². The normalized spacial score (nSPS) is 26.0. The molecule has 1 saturated carbocycles. The Morgan fingerprint density at radius 2 is 1.75 bits per heavy atom. The van der Waals surface area contributed by atoms with Crippen LogP contribution in [0.1, 0.15) is 61.7 Å². The van der Waals surface area contributed by atoms with Gasteiger partial charge in [0.2, 0.25) is 0 Å². The molecule has 2 saturated heterocycles. The third-order valence-electron chi connectivity index (χ3n) is 5.91. The average molecular weight is 328 g/mol. The molecule has 1 amide bonds. The van der Waals surface area contributed by atoms with Crippen LogP contribution in [-0.4, -0.2) is 37.2 Å². The van der Waals surface area contributed by atoms with Gasteiger partial charge >= 0.3 is 0 Å². The summed E-state index contributed by atoms with van der Waals surface area (Å²) in [6.45, 7) is 2.93. The molecule has 3 aliphatic rings. The highest BCUT2D eigenvalue weighted by Gasteiger charge is 2.42. The molecule has 0 bridgehead atoms. The van der Waals surface area contributed by atoms with Crippen LogP contribution in [0, 0.1) is 0 Å². The van der Waals surface area contributed by atoms with Crippen molar-refractivity contribution < 1.29 is 9.53 Å². The van der Waals surface area contributed by atoms with E-state index < -0.39 is 0 Å². The van der Waals surface area contributed by atoms with Crippen molar-refractivity contribution in [2.45, 2.75) is 63.0 Å². The fourth-order valence-electron chi connectivity index (χ4n) is 4.55. The van der Waals surface area contributed by atoms with Crippen LogP contribution in [0.5, 0.6) is 0 Å². The first kappa shape index (κ1) is 15.9. The SMILES string of the molecule is O=C(NC1COC2(CCCC2)C1)c1ccc(N2CCCCC2)cc1. The molecule has 1 N–H and O–H groups in total. The van der Waals surface area contributed by atoms with Crippen LogP contribution in [0.3, 0.4) is 0 Å². The fourth-order valence-corrected chi connectivity index (χ4v) is 4.55. The molecule has 4 nitrogen and oxygen atoms in total. The van der Waals surface area contributed by atoms with Gasteiger partial charge in [0.05, 0.1) is 18.2 Å². The average Bonchev–Trinajstić information content (AvgIpc) is 3.26. The Morgan fingerprint density at radius 3 is 2.46 bits per heavy atom. The summed E-state index contributed by atoms with van der Waals surface area (Å²) in [5.41, 5.74) is 2.05. The van der Waals surface area contributed by atoms with E-state index in [-0.39, 0.29) is 17.6 Å². The minimum absolute atomic E-state index is 0.0313. The zero-order chi connectivity index (χ0) is 16.4. The Hall–Kier alpha value is -1.55. The van der Waals surface area contributed by atoms with Gasteiger partial charge in [0.1, 0.15) is 0 Å². The van der Waals surface area contributed by atoms with E-state index in [1.165, 1.54) is 37.8 Å². The second kappa shape index (κ2) is 6.75. The van der Waals surface area contributed by atoms with Crippen molar-refractivity contribution in [3.63, 3.8) is 0 Å². The van der Waals surface area contributed by atoms with Crippen molar-refractivity contribution in [1.82, 2.24) is 5.32 Å². The van der Waals surface area contributed by atoms with Gasteiger partial charge in [-0.1, -0.05) is 12.8 Å². The monoisotopic (exact) mass is 328 g/mol. The zero-order valence-corrected chi connectivity index (χ0v) is 14.4. The first-order valence-electron chi connectivity index (χ1n) is 9.54. The molecule has 1 aliphatic carbocycles. The number of anilines is 1. The first-order chi connectivity index (χ1) is 11.7. The van der Waals surface area contributed by atoms with E-state index in [1.54, 1.807) is 0 Å². The fraction of sp³-hybridized carbons (Fsp3) is 0.650. The highest BCUT2D eigenvalue weighted by Crippen LogP contribution is 2.40. The molecule has 4 rings (SSSR count). The number of rotatable bonds is 3. The van der Waals surface area contributed by atoms with Crippen LogP contribution in [-0.2, 0) is 4.74 Å². The van der Waals surface area contributed by atoms with Crippen LogP contribution in [0.4, 0.5) is 5.69 Å². The Labute approximate surface area is 144 Å². The Bertz CT molecular complexity index is 572. The van der Waals surface area contributed by atoms with E-state index in [4.69, 9.17) is 4.74 Å². The molecule has 130 valence electrons. The van der Waals surface area contributed by atoms with Crippen LogP contribution >= 0.6 is 0 Å². The van der Waals surface area contributed by atoms with Gasteiger partial charge in [-0.25, -0.2) is 0 Å². The summed E-state index contributed by atoms with van der Waals surface area (Å²) in [4.78, 5) is 14.9. The van der Waals surface area contributed by atoms with Crippen LogP contribution in [0.2, 0.25) is 0 Å². The number of nitrogens with one attached hydrogen (secondary N) is 1. The minimum atomic E-state index is 0.0313. The maximum atomic E-state index is 12.5. The molecule has 24 heavy (non-hydrogen) atoms. The van der Waals surface area contributed by atoms with Crippen molar-refractivity contribution in [3.05, 3.63) is 29.8 Å². The molecule has 3 fully saturated rings. The van der Waals surface area contributed by atoms with Gasteiger partial charge in [-0.2, -0.15) is 0 Å². The van der Waals surface area contributed by atoms with Gasteiger partial charge in [0.15, 0.2) is 0 Å². The Kier molecular flexibility index (Phi) is 4.49. The number of carbonyl (C=O) groups is 1. The predicted molar refractivity (Wildman–Crippen MR) is 95.5 cm³/mol. The molecule has 1 unspecified atom stereocenters. The second-order valence-electron chi connectivity index (χ2n) is 7.67. The maximum absolute atomic E-state index is 12.5. The number of ether oxygens (including phenoxy) is 1. The van der Waals surface area contributed by atoms with Crippen LogP contribution in [0.25, 0.3) is 0 Å². The number of benzene rings is 1. The second-order valence-corrected chi connectivity index (χ2v) is 7.67. The Morgan fingerprint density at radius 1 is 1.04 bits per heavy atom. The molecule has 0 radical (unpaired) electrons. The molecule has 2 heterocycles. The molecule has 1 aromatic carbocycles. The Balaban J connectivity index is 1.34. The smallest absolute Gasteiger partial charge is 0.251 e. The van der Waals surface area contributed by atoms with E-state index >= 15 is 0 Å². The lowest BCUT2D eigenvalue weighted by atomic mass is 9.96. The van der Waals surface area contributed by atoms with E-state index in [2.05, 4.69) is 22.3 Å². The molecular weight excluding hydrogens is 300 g/mol. The van der Waals surface area contributed by atoms with Crippen molar-refractivity contribution in [2.75, 3.05) is 24.6 Å². The number of nitrogens with zero attached hydrogens (tertiary/aromatic N) is 1. The summed E-state index contributed by atoms with van der Waals surface area (Å²) in [5.74, 6) is 0.0313. The largest absolute Gasteiger partial charge is 0.373 e. The van der Waals surface area contributed by atoms with Crippen LogP contribution in [0.15, 0.2) is 24.3 Å². The lowest BCUT2D eigenvalue weighted by Crippen LogP contribution is -2.36. The maximum Gasteiger partial charge on any atom is 0.251 e. The number of hydrogen-bond donors (Lipinski definition) is 1. The third-order valence-corrected chi connectivity index (χ3v) is 5.91. The minimum Gasteiger partial charge on any atom is -0.373 e. The van der Waals surface area contributed by atoms with E-state index in [1.807, 2.05) is 12.1 Å². The van der Waals surface area contributed by atoms with Crippen molar-refractivity contribution in [1.29, 1.82) is 0 Å². The number of piperidine rings is 1. The predicted octanol–water partition coefficient (Wildman–Crippen LogP) is 3.51. The van der Waals surface area contributed by atoms with Gasteiger partial charge in [-0.05, 0) is 62.8 Å². The number of hydrogen-bond acceptors (Lipinski definition) is 3. The molecule has 0 aromatic heterocycles. The third kappa shape index (κ3) is 3.30. The van der Waals surface area contributed by atoms with Gasteiger partial charge < -0.3 is 15.0 Å². The molecule has 1 atom stereocenters. The number of amides is 1. The zero-order valence-electron chi connectivity index (χ0n) is 14.4. The summed E-state index contributed by atoms with van der Waals surface area (Å²) in [6.07, 6.45) is 9.69.